The first kappa shape index (κ1) is 11.7. The summed E-state index contributed by atoms with van der Waals surface area (Å²) in [4.78, 5) is 11.3. The molecule has 0 aliphatic heterocycles. The van der Waals surface area contributed by atoms with Crippen molar-refractivity contribution in [2.24, 2.45) is 5.73 Å². The Morgan fingerprint density at radius 3 is 2.47 bits per heavy atom. The van der Waals surface area contributed by atoms with E-state index in [1.807, 2.05) is 24.3 Å². The minimum absolute atomic E-state index is 0.154. The summed E-state index contributed by atoms with van der Waals surface area (Å²) in [6.07, 6.45) is 2.20. The zero-order chi connectivity index (χ0) is 11.3. The molecule has 0 fully saturated rings. The highest BCUT2D eigenvalue weighted by molar-refractivity contribution is 5.94. The van der Waals surface area contributed by atoms with Gasteiger partial charge in [0.1, 0.15) is 0 Å². The van der Waals surface area contributed by atoms with Crippen LogP contribution < -0.4 is 11.1 Å². The van der Waals surface area contributed by atoms with Gasteiger partial charge in [0.25, 0.3) is 0 Å². The minimum Gasteiger partial charge on any atom is -0.325 e. The standard InChI is InChI=1S/C12H18N2O/c1-3-4-10-5-7-11(8-6-10)14-12(15)9(2)13/h5-9H,3-4,13H2,1-2H3,(H,14,15). The van der Waals surface area contributed by atoms with E-state index in [-0.39, 0.29) is 5.91 Å². The maximum atomic E-state index is 11.3. The average Bonchev–Trinajstić information content (AvgIpc) is 2.21. The number of amides is 1. The van der Waals surface area contributed by atoms with Crippen molar-refractivity contribution in [3.8, 4) is 0 Å². The highest BCUT2D eigenvalue weighted by Gasteiger charge is 2.06. The van der Waals surface area contributed by atoms with Crippen LogP contribution in [0.4, 0.5) is 5.69 Å². The summed E-state index contributed by atoms with van der Waals surface area (Å²) in [5.41, 5.74) is 7.54. The van der Waals surface area contributed by atoms with Crippen LogP contribution in [0.15, 0.2) is 24.3 Å². The van der Waals surface area contributed by atoms with Gasteiger partial charge in [-0.2, -0.15) is 0 Å². The predicted molar refractivity (Wildman–Crippen MR) is 62.7 cm³/mol. The van der Waals surface area contributed by atoms with Crippen LogP contribution in [-0.4, -0.2) is 11.9 Å². The number of benzene rings is 1. The van der Waals surface area contributed by atoms with Crippen LogP contribution in [0.3, 0.4) is 0 Å². The molecule has 3 N–H and O–H groups in total. The van der Waals surface area contributed by atoms with Gasteiger partial charge in [-0.3, -0.25) is 4.79 Å². The van der Waals surface area contributed by atoms with Crippen LogP contribution in [0.5, 0.6) is 0 Å². The number of nitrogens with one attached hydrogen (secondary N) is 1. The molecule has 1 atom stereocenters. The summed E-state index contributed by atoms with van der Waals surface area (Å²) in [6.45, 7) is 3.81. The predicted octanol–water partition coefficient (Wildman–Crippen LogP) is 1.92. The number of carbonyl (C=O) groups excluding carboxylic acids is 1. The summed E-state index contributed by atoms with van der Waals surface area (Å²) >= 11 is 0. The fraction of sp³-hybridized carbons (Fsp3) is 0.417. The van der Waals surface area contributed by atoms with Crippen LogP contribution in [0.2, 0.25) is 0 Å². The molecule has 0 saturated carbocycles. The summed E-state index contributed by atoms with van der Waals surface area (Å²) in [5, 5.41) is 2.75. The first-order valence-corrected chi connectivity index (χ1v) is 5.29. The topological polar surface area (TPSA) is 55.1 Å². The van der Waals surface area contributed by atoms with E-state index in [1.165, 1.54) is 5.56 Å². The van der Waals surface area contributed by atoms with Crippen LogP contribution in [0.25, 0.3) is 0 Å². The van der Waals surface area contributed by atoms with E-state index in [1.54, 1.807) is 6.92 Å². The lowest BCUT2D eigenvalue weighted by Crippen LogP contribution is -2.32. The molecule has 1 aromatic rings. The largest absolute Gasteiger partial charge is 0.325 e. The van der Waals surface area contributed by atoms with Crippen LogP contribution in [0, 0.1) is 0 Å². The Morgan fingerprint density at radius 2 is 2.00 bits per heavy atom. The zero-order valence-electron chi connectivity index (χ0n) is 9.29. The number of hydrogen-bond acceptors (Lipinski definition) is 2. The van der Waals surface area contributed by atoms with Gasteiger partial charge < -0.3 is 11.1 Å². The van der Waals surface area contributed by atoms with E-state index >= 15 is 0 Å². The summed E-state index contributed by atoms with van der Waals surface area (Å²) in [6, 6.07) is 7.40. The Balaban J connectivity index is 2.60. The highest BCUT2D eigenvalue weighted by atomic mass is 16.2. The SMILES string of the molecule is CCCc1ccc(NC(=O)C(C)N)cc1. The first-order chi connectivity index (χ1) is 7.13. The molecule has 1 aromatic carbocycles. The van der Waals surface area contributed by atoms with Crippen molar-refractivity contribution in [2.45, 2.75) is 32.7 Å². The molecule has 0 aromatic heterocycles. The maximum absolute atomic E-state index is 11.3. The van der Waals surface area contributed by atoms with Crippen molar-refractivity contribution in [1.82, 2.24) is 0 Å². The number of hydrogen-bond donors (Lipinski definition) is 2. The summed E-state index contributed by atoms with van der Waals surface area (Å²) in [7, 11) is 0. The van der Waals surface area contributed by atoms with E-state index in [0.717, 1.165) is 18.5 Å². The second-order valence-electron chi connectivity index (χ2n) is 3.72. The monoisotopic (exact) mass is 206 g/mol. The van der Waals surface area contributed by atoms with Gasteiger partial charge in [0.2, 0.25) is 5.91 Å². The Bertz CT molecular complexity index is 317. The molecule has 1 unspecified atom stereocenters. The van der Waals surface area contributed by atoms with Gasteiger partial charge in [0, 0.05) is 5.69 Å². The van der Waals surface area contributed by atoms with Gasteiger partial charge in [-0.1, -0.05) is 25.5 Å². The molecule has 15 heavy (non-hydrogen) atoms. The third-order valence-electron chi connectivity index (χ3n) is 2.17. The van der Waals surface area contributed by atoms with Crippen molar-refractivity contribution in [3.05, 3.63) is 29.8 Å². The molecule has 1 rings (SSSR count). The smallest absolute Gasteiger partial charge is 0.240 e. The van der Waals surface area contributed by atoms with Gasteiger partial charge in [0.15, 0.2) is 0 Å². The Kier molecular flexibility index (Phi) is 4.31. The molecule has 0 bridgehead atoms. The zero-order valence-corrected chi connectivity index (χ0v) is 9.29. The highest BCUT2D eigenvalue weighted by Crippen LogP contribution is 2.11. The van der Waals surface area contributed by atoms with Gasteiger partial charge in [0.05, 0.1) is 6.04 Å². The average molecular weight is 206 g/mol. The van der Waals surface area contributed by atoms with Crippen molar-refractivity contribution >= 4 is 11.6 Å². The Hall–Kier alpha value is -1.35. The van der Waals surface area contributed by atoms with Crippen LogP contribution in [0.1, 0.15) is 25.8 Å². The first-order valence-electron chi connectivity index (χ1n) is 5.29. The molecule has 0 heterocycles. The molecule has 3 heteroatoms. The number of carbonyl (C=O) groups is 1. The number of anilines is 1. The molecular weight excluding hydrogens is 188 g/mol. The van der Waals surface area contributed by atoms with E-state index in [9.17, 15) is 4.79 Å². The van der Waals surface area contributed by atoms with Crippen molar-refractivity contribution in [3.63, 3.8) is 0 Å². The van der Waals surface area contributed by atoms with E-state index in [0.29, 0.717) is 0 Å². The van der Waals surface area contributed by atoms with Crippen molar-refractivity contribution in [1.29, 1.82) is 0 Å². The Morgan fingerprint density at radius 1 is 1.40 bits per heavy atom. The molecular formula is C12H18N2O. The molecule has 3 nitrogen and oxygen atoms in total. The number of nitrogens with two attached hydrogens (primary N) is 1. The maximum Gasteiger partial charge on any atom is 0.240 e. The third-order valence-corrected chi connectivity index (χ3v) is 2.17. The quantitative estimate of drug-likeness (QED) is 0.790. The Labute approximate surface area is 90.7 Å². The van der Waals surface area contributed by atoms with Crippen molar-refractivity contribution < 1.29 is 4.79 Å². The lowest BCUT2D eigenvalue weighted by molar-refractivity contribution is -0.117. The summed E-state index contributed by atoms with van der Waals surface area (Å²) < 4.78 is 0. The fourth-order valence-corrected chi connectivity index (χ4v) is 1.30. The normalized spacial score (nSPS) is 12.2. The van der Waals surface area contributed by atoms with Crippen molar-refractivity contribution in [2.75, 3.05) is 5.32 Å². The number of rotatable bonds is 4. The second kappa shape index (κ2) is 5.51. The van der Waals surface area contributed by atoms with Crippen LogP contribution >= 0.6 is 0 Å². The molecule has 0 aliphatic rings. The van der Waals surface area contributed by atoms with Crippen LogP contribution in [-0.2, 0) is 11.2 Å². The van der Waals surface area contributed by atoms with E-state index in [2.05, 4.69) is 12.2 Å². The molecule has 0 aliphatic carbocycles. The lowest BCUT2D eigenvalue weighted by atomic mass is 10.1. The van der Waals surface area contributed by atoms with E-state index < -0.39 is 6.04 Å². The fourth-order valence-electron chi connectivity index (χ4n) is 1.30. The summed E-state index contributed by atoms with van der Waals surface area (Å²) in [5.74, 6) is -0.154. The lowest BCUT2D eigenvalue weighted by Gasteiger charge is -2.08. The molecule has 0 spiro atoms. The minimum atomic E-state index is -0.472. The van der Waals surface area contributed by atoms with E-state index in [4.69, 9.17) is 5.73 Å². The second-order valence-corrected chi connectivity index (χ2v) is 3.72. The van der Waals surface area contributed by atoms with Gasteiger partial charge in [-0.25, -0.2) is 0 Å². The van der Waals surface area contributed by atoms with Gasteiger partial charge in [-0.05, 0) is 31.0 Å². The molecule has 0 saturated heterocycles. The third kappa shape index (κ3) is 3.72. The molecule has 1 amide bonds. The number of aryl methyl sites for hydroxylation is 1. The van der Waals surface area contributed by atoms with Gasteiger partial charge >= 0.3 is 0 Å². The molecule has 0 radical (unpaired) electrons. The van der Waals surface area contributed by atoms with Gasteiger partial charge in [-0.15, -0.1) is 0 Å². The molecule has 82 valence electrons.